The van der Waals surface area contributed by atoms with Gasteiger partial charge in [0.05, 0.1) is 24.9 Å². The highest BCUT2D eigenvalue weighted by molar-refractivity contribution is 5.57. The summed E-state index contributed by atoms with van der Waals surface area (Å²) >= 11 is 0. The van der Waals surface area contributed by atoms with Gasteiger partial charge in [-0.1, -0.05) is 0 Å². The van der Waals surface area contributed by atoms with Crippen molar-refractivity contribution in [2.75, 3.05) is 24.7 Å². The van der Waals surface area contributed by atoms with Crippen molar-refractivity contribution >= 4 is 5.69 Å². The van der Waals surface area contributed by atoms with Gasteiger partial charge < -0.3 is 14.7 Å². The molecule has 1 aromatic carbocycles. The van der Waals surface area contributed by atoms with Crippen LogP contribution >= 0.6 is 0 Å². The average Bonchev–Trinajstić information content (AvgIpc) is 2.29. The summed E-state index contributed by atoms with van der Waals surface area (Å²) in [5, 5.41) is 9.81. The molecule has 1 fully saturated rings. The first-order valence-electron chi connectivity index (χ1n) is 6.25. The van der Waals surface area contributed by atoms with Gasteiger partial charge in [0.2, 0.25) is 0 Å². The quantitative estimate of drug-likeness (QED) is 0.879. The van der Waals surface area contributed by atoms with Crippen LogP contribution < -0.4 is 4.90 Å². The number of anilines is 1. The number of morpholine rings is 1. The molecule has 3 nitrogen and oxygen atoms in total. The number of ether oxygens (including phenoxy) is 1. The third-order valence-electron chi connectivity index (χ3n) is 3.38. The first kappa shape index (κ1) is 13.3. The Morgan fingerprint density at radius 3 is 2.78 bits per heavy atom. The zero-order chi connectivity index (χ0) is 13.3. The van der Waals surface area contributed by atoms with E-state index < -0.39 is 6.10 Å². The van der Waals surface area contributed by atoms with Gasteiger partial charge in [-0.05, 0) is 39.0 Å². The van der Waals surface area contributed by atoms with Crippen LogP contribution in [0.2, 0.25) is 0 Å². The van der Waals surface area contributed by atoms with E-state index in [-0.39, 0.29) is 11.4 Å². The lowest BCUT2D eigenvalue weighted by Crippen LogP contribution is -2.53. The molecule has 0 aliphatic carbocycles. The van der Waals surface area contributed by atoms with Gasteiger partial charge in [0.15, 0.2) is 0 Å². The fourth-order valence-electron chi connectivity index (χ4n) is 2.41. The van der Waals surface area contributed by atoms with Gasteiger partial charge in [-0.25, -0.2) is 4.39 Å². The molecule has 4 heteroatoms. The number of hydrogen-bond acceptors (Lipinski definition) is 3. The molecule has 18 heavy (non-hydrogen) atoms. The molecule has 0 spiro atoms. The average molecular weight is 253 g/mol. The third kappa shape index (κ3) is 2.49. The summed E-state index contributed by atoms with van der Waals surface area (Å²) in [5.41, 5.74) is 1.37. The van der Waals surface area contributed by atoms with E-state index in [0.717, 1.165) is 12.2 Å². The van der Waals surface area contributed by atoms with Crippen LogP contribution in [0.4, 0.5) is 10.1 Å². The van der Waals surface area contributed by atoms with Crippen LogP contribution in [-0.2, 0) is 4.74 Å². The lowest BCUT2D eigenvalue weighted by molar-refractivity contribution is 0.0639. The molecule has 100 valence electrons. The van der Waals surface area contributed by atoms with Gasteiger partial charge >= 0.3 is 0 Å². The van der Waals surface area contributed by atoms with E-state index in [2.05, 4.69) is 18.7 Å². The van der Waals surface area contributed by atoms with E-state index >= 15 is 0 Å². The number of benzene rings is 1. The molecule has 1 aliphatic heterocycles. The molecular formula is C14H20FNO2. The van der Waals surface area contributed by atoms with Gasteiger partial charge in [-0.3, -0.25) is 0 Å². The Morgan fingerprint density at radius 2 is 2.17 bits per heavy atom. The minimum Gasteiger partial charge on any atom is -0.389 e. The number of hydrogen-bond donors (Lipinski definition) is 1. The van der Waals surface area contributed by atoms with Crippen molar-refractivity contribution in [2.45, 2.75) is 32.4 Å². The topological polar surface area (TPSA) is 32.7 Å². The SMILES string of the molecule is C[C@H](O)c1cc(F)ccc1N1CCOCC1(C)C. The van der Waals surface area contributed by atoms with Crippen LogP contribution in [0.25, 0.3) is 0 Å². The fraction of sp³-hybridized carbons (Fsp3) is 0.571. The summed E-state index contributed by atoms with van der Waals surface area (Å²) < 4.78 is 18.8. The zero-order valence-electron chi connectivity index (χ0n) is 11.1. The van der Waals surface area contributed by atoms with E-state index in [1.165, 1.54) is 12.1 Å². The molecule has 0 radical (unpaired) electrons. The van der Waals surface area contributed by atoms with Crippen LogP contribution in [0, 0.1) is 5.82 Å². The molecule has 1 atom stereocenters. The third-order valence-corrected chi connectivity index (χ3v) is 3.38. The van der Waals surface area contributed by atoms with Crippen molar-refractivity contribution in [3.05, 3.63) is 29.6 Å². The Balaban J connectivity index is 2.43. The van der Waals surface area contributed by atoms with Gasteiger partial charge in [0, 0.05) is 17.8 Å². The van der Waals surface area contributed by atoms with Gasteiger partial charge in [0.25, 0.3) is 0 Å². The summed E-state index contributed by atoms with van der Waals surface area (Å²) in [7, 11) is 0. The van der Waals surface area contributed by atoms with Gasteiger partial charge in [0.1, 0.15) is 5.82 Å². The Hall–Kier alpha value is -1.13. The number of halogens is 1. The minimum absolute atomic E-state index is 0.153. The number of rotatable bonds is 2. The second-order valence-corrected chi connectivity index (χ2v) is 5.40. The van der Waals surface area contributed by atoms with Crippen molar-refractivity contribution in [3.63, 3.8) is 0 Å². The van der Waals surface area contributed by atoms with Crippen LogP contribution in [0.1, 0.15) is 32.4 Å². The van der Waals surface area contributed by atoms with Crippen LogP contribution in [0.5, 0.6) is 0 Å². The second-order valence-electron chi connectivity index (χ2n) is 5.40. The number of nitrogens with zero attached hydrogens (tertiary/aromatic N) is 1. The molecule has 1 saturated heterocycles. The van der Waals surface area contributed by atoms with Crippen LogP contribution in [0.3, 0.4) is 0 Å². The predicted octanol–water partition coefficient (Wildman–Crippen LogP) is 2.49. The Labute approximate surface area is 107 Å². The highest BCUT2D eigenvalue weighted by atomic mass is 19.1. The smallest absolute Gasteiger partial charge is 0.123 e. The van der Waals surface area contributed by atoms with E-state index in [1.807, 2.05) is 0 Å². The molecule has 0 aromatic heterocycles. The maximum atomic E-state index is 13.3. The van der Waals surface area contributed by atoms with Crippen molar-refractivity contribution in [1.29, 1.82) is 0 Å². The van der Waals surface area contributed by atoms with E-state index in [4.69, 9.17) is 4.74 Å². The van der Waals surface area contributed by atoms with Gasteiger partial charge in [-0.15, -0.1) is 0 Å². The van der Waals surface area contributed by atoms with Crippen LogP contribution in [-0.4, -0.2) is 30.4 Å². The predicted molar refractivity (Wildman–Crippen MR) is 69.3 cm³/mol. The minimum atomic E-state index is -0.686. The van der Waals surface area contributed by atoms with E-state index in [1.54, 1.807) is 13.0 Å². The fourth-order valence-corrected chi connectivity index (χ4v) is 2.41. The molecular weight excluding hydrogens is 233 g/mol. The van der Waals surface area contributed by atoms with Crippen molar-refractivity contribution in [3.8, 4) is 0 Å². The van der Waals surface area contributed by atoms with Crippen molar-refractivity contribution < 1.29 is 14.2 Å². The van der Waals surface area contributed by atoms with E-state index in [9.17, 15) is 9.50 Å². The molecule has 1 aliphatic rings. The maximum Gasteiger partial charge on any atom is 0.123 e. The molecule has 1 heterocycles. The Morgan fingerprint density at radius 1 is 1.44 bits per heavy atom. The Bertz CT molecular complexity index is 432. The lowest BCUT2D eigenvalue weighted by atomic mass is 9.98. The first-order chi connectivity index (χ1) is 8.42. The molecule has 1 N–H and O–H groups in total. The summed E-state index contributed by atoms with van der Waals surface area (Å²) in [5.74, 6) is -0.319. The first-order valence-corrected chi connectivity index (χ1v) is 6.25. The number of aliphatic hydroxyl groups is 1. The normalized spacial score (nSPS) is 20.8. The van der Waals surface area contributed by atoms with Crippen LogP contribution in [0.15, 0.2) is 18.2 Å². The van der Waals surface area contributed by atoms with E-state index in [0.29, 0.717) is 18.8 Å². The largest absolute Gasteiger partial charge is 0.389 e. The Kier molecular flexibility index (Phi) is 3.59. The number of aliphatic hydroxyl groups excluding tert-OH is 1. The summed E-state index contributed by atoms with van der Waals surface area (Å²) in [4.78, 5) is 2.18. The lowest BCUT2D eigenvalue weighted by Gasteiger charge is -2.44. The van der Waals surface area contributed by atoms with Crippen molar-refractivity contribution in [2.24, 2.45) is 0 Å². The standard InChI is InChI=1S/C14H20FNO2/c1-10(17)12-8-11(15)4-5-13(12)16-6-7-18-9-14(16,2)3/h4-5,8,10,17H,6-7,9H2,1-3H3/t10-/m0/s1. The van der Waals surface area contributed by atoms with Gasteiger partial charge in [-0.2, -0.15) is 0 Å². The molecule has 2 rings (SSSR count). The highest BCUT2D eigenvalue weighted by Crippen LogP contribution is 2.33. The van der Waals surface area contributed by atoms with Crippen molar-refractivity contribution in [1.82, 2.24) is 0 Å². The monoisotopic (exact) mass is 253 g/mol. The maximum absolute atomic E-state index is 13.3. The zero-order valence-corrected chi connectivity index (χ0v) is 11.1. The summed E-state index contributed by atoms with van der Waals surface area (Å²) in [6, 6.07) is 4.59. The molecule has 0 unspecified atom stereocenters. The highest BCUT2D eigenvalue weighted by Gasteiger charge is 2.32. The second kappa shape index (κ2) is 4.86. The molecule has 0 amide bonds. The molecule has 0 saturated carbocycles. The summed E-state index contributed by atoms with van der Waals surface area (Å²) in [6.45, 7) is 7.86. The molecule has 0 bridgehead atoms. The molecule has 1 aromatic rings. The summed E-state index contributed by atoms with van der Waals surface area (Å²) in [6.07, 6.45) is -0.686.